The van der Waals surface area contributed by atoms with Crippen LogP contribution in [0.15, 0.2) is 146 Å². The monoisotopic (exact) mass is 574 g/mol. The summed E-state index contributed by atoms with van der Waals surface area (Å²) in [6.07, 6.45) is 0. The van der Waals surface area contributed by atoms with Crippen LogP contribution in [0.25, 0.3) is 10.8 Å². The molecule has 0 aliphatic heterocycles. The Labute approximate surface area is 263 Å². The number of fused-ring (bicyclic) bond motifs is 1. The summed E-state index contributed by atoms with van der Waals surface area (Å²) in [5.74, 6) is 0. The highest BCUT2D eigenvalue weighted by atomic mass is 15.2. The average Bonchev–Trinajstić information content (AvgIpc) is 3.03. The summed E-state index contributed by atoms with van der Waals surface area (Å²) in [4.78, 5) is 4.76. The molecule has 0 radical (unpaired) electrons. The Bertz CT molecular complexity index is 1700. The van der Waals surface area contributed by atoms with Gasteiger partial charge in [-0.05, 0) is 82.6 Å². The predicted octanol–water partition coefficient (Wildman–Crippen LogP) is 12.4. The van der Waals surface area contributed by atoms with Crippen LogP contribution in [-0.4, -0.2) is 0 Å². The first-order valence-electron chi connectivity index (χ1n) is 15.5. The van der Waals surface area contributed by atoms with Crippen molar-refractivity contribution in [1.82, 2.24) is 0 Å². The van der Waals surface area contributed by atoms with E-state index in [9.17, 15) is 0 Å². The van der Waals surface area contributed by atoms with Crippen LogP contribution in [0.4, 0.5) is 34.1 Å². The zero-order valence-corrected chi connectivity index (χ0v) is 26.8. The second kappa shape index (κ2) is 11.7. The summed E-state index contributed by atoms with van der Waals surface area (Å²) >= 11 is 0. The van der Waals surface area contributed by atoms with Crippen molar-refractivity contribution in [2.75, 3.05) is 9.80 Å². The van der Waals surface area contributed by atoms with Gasteiger partial charge in [0.1, 0.15) is 0 Å². The third-order valence-electron chi connectivity index (χ3n) is 8.37. The molecule has 0 heterocycles. The molecule has 0 saturated heterocycles. The van der Waals surface area contributed by atoms with E-state index in [1.54, 1.807) is 0 Å². The van der Waals surface area contributed by atoms with Crippen molar-refractivity contribution in [3.8, 4) is 0 Å². The van der Waals surface area contributed by atoms with Gasteiger partial charge in [-0.25, -0.2) is 0 Å². The van der Waals surface area contributed by atoms with Gasteiger partial charge in [-0.3, -0.25) is 0 Å². The topological polar surface area (TPSA) is 6.48 Å². The zero-order valence-electron chi connectivity index (χ0n) is 26.8. The van der Waals surface area contributed by atoms with Crippen LogP contribution in [0, 0.1) is 0 Å². The van der Waals surface area contributed by atoms with Crippen LogP contribution < -0.4 is 9.80 Å². The van der Waals surface area contributed by atoms with Crippen LogP contribution in [0.1, 0.15) is 52.7 Å². The van der Waals surface area contributed by atoms with E-state index in [4.69, 9.17) is 0 Å². The molecule has 0 aromatic heterocycles. The number of hydrogen-bond acceptors (Lipinski definition) is 2. The maximum Gasteiger partial charge on any atom is 0.0541 e. The van der Waals surface area contributed by atoms with Gasteiger partial charge in [0.2, 0.25) is 0 Å². The van der Waals surface area contributed by atoms with Crippen molar-refractivity contribution in [3.63, 3.8) is 0 Å². The lowest BCUT2D eigenvalue weighted by Crippen LogP contribution is -2.15. The van der Waals surface area contributed by atoms with E-state index in [1.165, 1.54) is 21.9 Å². The first kappa shape index (κ1) is 29.3. The largest absolute Gasteiger partial charge is 0.310 e. The standard InChI is InChI=1S/C42H42N2/c1-41(2,3)31-21-25-35(26-22-31)43(33-15-9-7-10-16-33)39-29-30-40(38-20-14-13-19-37(38)39)44(34-17-11-8-12-18-34)36-27-23-32(24-28-36)42(4,5)6/h7-30H,1-6H3. The van der Waals surface area contributed by atoms with Crippen molar-refractivity contribution in [3.05, 3.63) is 157 Å². The average molecular weight is 575 g/mol. The molecule has 0 saturated carbocycles. The molecule has 0 unspecified atom stereocenters. The van der Waals surface area contributed by atoms with Crippen molar-refractivity contribution >= 4 is 44.9 Å². The highest BCUT2D eigenvalue weighted by molar-refractivity contribution is 6.07. The second-order valence-electron chi connectivity index (χ2n) is 13.6. The van der Waals surface area contributed by atoms with Crippen LogP contribution in [-0.2, 0) is 10.8 Å². The molecule has 0 fully saturated rings. The fourth-order valence-corrected chi connectivity index (χ4v) is 5.89. The minimum atomic E-state index is 0.0937. The molecule has 2 heteroatoms. The van der Waals surface area contributed by atoms with Crippen molar-refractivity contribution < 1.29 is 0 Å². The summed E-state index contributed by atoms with van der Waals surface area (Å²) in [6, 6.07) is 52.8. The fraction of sp³-hybridized carbons (Fsp3) is 0.190. The van der Waals surface area contributed by atoms with Gasteiger partial charge in [0.05, 0.1) is 11.4 Å². The number of rotatable bonds is 6. The molecule has 44 heavy (non-hydrogen) atoms. The molecule has 0 aliphatic carbocycles. The minimum Gasteiger partial charge on any atom is -0.310 e. The first-order valence-corrected chi connectivity index (χ1v) is 15.5. The van der Waals surface area contributed by atoms with Gasteiger partial charge >= 0.3 is 0 Å². The van der Waals surface area contributed by atoms with Crippen LogP contribution >= 0.6 is 0 Å². The van der Waals surface area contributed by atoms with E-state index in [0.717, 1.165) is 34.1 Å². The lowest BCUT2D eigenvalue weighted by Gasteiger charge is -2.31. The Hall–Kier alpha value is -4.82. The van der Waals surface area contributed by atoms with Gasteiger partial charge in [-0.1, -0.05) is 126 Å². The highest BCUT2D eigenvalue weighted by Gasteiger charge is 2.22. The molecule has 6 rings (SSSR count). The molecule has 0 bridgehead atoms. The maximum atomic E-state index is 2.38. The molecule has 0 amide bonds. The Morgan fingerprint density at radius 1 is 0.318 bits per heavy atom. The third-order valence-corrected chi connectivity index (χ3v) is 8.37. The van der Waals surface area contributed by atoms with Gasteiger partial charge in [-0.15, -0.1) is 0 Å². The molecule has 0 spiro atoms. The Morgan fingerprint density at radius 3 is 0.932 bits per heavy atom. The van der Waals surface area contributed by atoms with Gasteiger partial charge in [0, 0.05) is 33.5 Å². The van der Waals surface area contributed by atoms with Gasteiger partial charge in [-0.2, -0.15) is 0 Å². The molecule has 0 atom stereocenters. The molecule has 0 aliphatic rings. The first-order chi connectivity index (χ1) is 21.1. The van der Waals surface area contributed by atoms with Crippen LogP contribution in [0.2, 0.25) is 0 Å². The van der Waals surface area contributed by atoms with Crippen molar-refractivity contribution in [2.24, 2.45) is 0 Å². The van der Waals surface area contributed by atoms with Crippen LogP contribution in [0.5, 0.6) is 0 Å². The van der Waals surface area contributed by atoms with Crippen LogP contribution in [0.3, 0.4) is 0 Å². The van der Waals surface area contributed by atoms with E-state index < -0.39 is 0 Å². The maximum absolute atomic E-state index is 2.38. The number of para-hydroxylation sites is 2. The number of nitrogens with zero attached hydrogens (tertiary/aromatic N) is 2. The third kappa shape index (κ3) is 5.85. The summed E-state index contributed by atoms with van der Waals surface area (Å²) in [7, 11) is 0. The number of hydrogen-bond donors (Lipinski definition) is 0. The van der Waals surface area contributed by atoms with Gasteiger partial charge < -0.3 is 9.80 Å². The van der Waals surface area contributed by atoms with Crippen molar-refractivity contribution in [1.29, 1.82) is 0 Å². The van der Waals surface area contributed by atoms with Gasteiger partial charge in [0.15, 0.2) is 0 Å². The molecule has 6 aromatic rings. The SMILES string of the molecule is CC(C)(C)c1ccc(N(c2ccccc2)c2ccc(N(c3ccccc3)c3ccc(C(C)(C)C)cc3)c3ccccc23)cc1. The van der Waals surface area contributed by atoms with E-state index in [1.807, 2.05) is 0 Å². The Morgan fingerprint density at radius 2 is 0.614 bits per heavy atom. The molecule has 2 nitrogen and oxygen atoms in total. The van der Waals surface area contributed by atoms with E-state index in [2.05, 4.69) is 197 Å². The summed E-state index contributed by atoms with van der Waals surface area (Å²) < 4.78 is 0. The lowest BCUT2D eigenvalue weighted by molar-refractivity contribution is 0.590. The van der Waals surface area contributed by atoms with E-state index in [-0.39, 0.29) is 10.8 Å². The highest BCUT2D eigenvalue weighted by Crippen LogP contribution is 2.45. The molecular weight excluding hydrogens is 532 g/mol. The number of benzene rings is 6. The quantitative estimate of drug-likeness (QED) is 0.195. The normalized spacial score (nSPS) is 11.9. The fourth-order valence-electron chi connectivity index (χ4n) is 5.89. The smallest absolute Gasteiger partial charge is 0.0541 e. The Kier molecular flexibility index (Phi) is 7.78. The molecule has 0 N–H and O–H groups in total. The Balaban J connectivity index is 1.55. The van der Waals surface area contributed by atoms with E-state index >= 15 is 0 Å². The van der Waals surface area contributed by atoms with E-state index in [0.29, 0.717) is 0 Å². The molecule has 6 aromatic carbocycles. The van der Waals surface area contributed by atoms with Gasteiger partial charge in [0.25, 0.3) is 0 Å². The molecule has 220 valence electrons. The lowest BCUT2D eigenvalue weighted by atomic mass is 9.87. The minimum absolute atomic E-state index is 0.0937. The number of anilines is 6. The summed E-state index contributed by atoms with van der Waals surface area (Å²) in [6.45, 7) is 13.6. The predicted molar refractivity (Wildman–Crippen MR) is 191 cm³/mol. The summed E-state index contributed by atoms with van der Waals surface area (Å²) in [5.41, 5.74) is 9.67. The van der Waals surface area contributed by atoms with Crippen molar-refractivity contribution in [2.45, 2.75) is 52.4 Å². The zero-order chi connectivity index (χ0) is 30.9. The second-order valence-corrected chi connectivity index (χ2v) is 13.6. The molecular formula is C42H42N2. The summed E-state index contributed by atoms with van der Waals surface area (Å²) in [5, 5.41) is 2.39.